The van der Waals surface area contributed by atoms with Crippen LogP contribution in [0.25, 0.3) is 23.3 Å². The van der Waals surface area contributed by atoms with Crippen molar-refractivity contribution in [1.82, 2.24) is 15.3 Å². The van der Waals surface area contributed by atoms with Crippen molar-refractivity contribution in [3.63, 3.8) is 0 Å². The summed E-state index contributed by atoms with van der Waals surface area (Å²) < 4.78 is 54.8. The van der Waals surface area contributed by atoms with Crippen molar-refractivity contribution >= 4 is 41.3 Å². The Morgan fingerprint density at radius 1 is 0.974 bits per heavy atom. The molecule has 39 heavy (non-hydrogen) atoms. The zero-order valence-corrected chi connectivity index (χ0v) is 22.4. The SMILES string of the molecule is CN(C)c1ccc(/C=C/c2nc3ccc(OCCOCCNCc4ccc(C(F)(F)F)cn4)cc3o2)cc1.Cl. The van der Waals surface area contributed by atoms with Crippen LogP contribution < -0.4 is 15.0 Å². The molecule has 0 spiro atoms. The zero-order chi connectivity index (χ0) is 27.0. The second-order valence-electron chi connectivity index (χ2n) is 8.67. The van der Waals surface area contributed by atoms with Crippen molar-refractivity contribution in [3.05, 3.63) is 83.5 Å². The molecule has 0 aliphatic rings. The van der Waals surface area contributed by atoms with Crippen LogP contribution in [0.15, 0.2) is 65.2 Å². The molecule has 0 amide bonds. The molecule has 2 aromatic carbocycles. The number of hydrogen-bond donors (Lipinski definition) is 1. The lowest BCUT2D eigenvalue weighted by Crippen LogP contribution is -2.21. The van der Waals surface area contributed by atoms with Crippen molar-refractivity contribution in [3.8, 4) is 5.75 Å². The van der Waals surface area contributed by atoms with E-state index in [1.807, 2.05) is 55.4 Å². The number of anilines is 1. The molecule has 0 unspecified atom stereocenters. The molecule has 0 aliphatic carbocycles. The number of fused-ring (bicyclic) bond motifs is 1. The van der Waals surface area contributed by atoms with Gasteiger partial charge in [-0.05, 0) is 48.0 Å². The van der Waals surface area contributed by atoms with Crippen LogP contribution in [-0.4, -0.2) is 50.4 Å². The Balaban J connectivity index is 0.00000420. The number of halogens is 4. The van der Waals surface area contributed by atoms with Gasteiger partial charge in [-0.2, -0.15) is 13.2 Å². The van der Waals surface area contributed by atoms with Crippen LogP contribution in [0.2, 0.25) is 0 Å². The highest BCUT2D eigenvalue weighted by atomic mass is 35.5. The van der Waals surface area contributed by atoms with Gasteiger partial charge in [0.1, 0.15) is 17.9 Å². The third-order valence-electron chi connectivity index (χ3n) is 5.58. The van der Waals surface area contributed by atoms with Crippen LogP contribution in [0.4, 0.5) is 18.9 Å². The molecule has 2 aromatic heterocycles. The van der Waals surface area contributed by atoms with E-state index < -0.39 is 11.7 Å². The van der Waals surface area contributed by atoms with Gasteiger partial charge in [0.05, 0.1) is 24.5 Å². The molecular formula is C28H30ClF3N4O3. The molecule has 0 saturated heterocycles. The molecule has 4 rings (SSSR count). The third-order valence-corrected chi connectivity index (χ3v) is 5.58. The van der Waals surface area contributed by atoms with Gasteiger partial charge >= 0.3 is 6.18 Å². The average molecular weight is 563 g/mol. The van der Waals surface area contributed by atoms with E-state index in [0.29, 0.717) is 55.8 Å². The summed E-state index contributed by atoms with van der Waals surface area (Å²) in [5.41, 5.74) is 3.32. The molecule has 11 heteroatoms. The van der Waals surface area contributed by atoms with Gasteiger partial charge in [0.25, 0.3) is 0 Å². The van der Waals surface area contributed by atoms with Crippen molar-refractivity contribution in [2.45, 2.75) is 12.7 Å². The molecule has 1 N–H and O–H groups in total. The minimum Gasteiger partial charge on any atom is -0.491 e. The van der Waals surface area contributed by atoms with Crippen molar-refractivity contribution in [2.24, 2.45) is 0 Å². The predicted molar refractivity (Wildman–Crippen MR) is 148 cm³/mol. The van der Waals surface area contributed by atoms with Crippen LogP contribution in [0.5, 0.6) is 5.75 Å². The number of rotatable bonds is 12. The molecule has 0 bridgehead atoms. The molecule has 0 fully saturated rings. The number of ether oxygens (including phenoxy) is 2. The Hall–Kier alpha value is -3.60. The summed E-state index contributed by atoms with van der Waals surface area (Å²) in [4.78, 5) is 10.4. The standard InChI is InChI=1S/C28H29F3N4O3.ClH/c1-35(2)23-8-3-20(4-9-23)5-12-27-34-25-11-10-24(17-26(25)38-27)37-16-15-36-14-13-32-19-22-7-6-21(18-33-22)28(29,30)31;/h3-12,17-18,32H,13-16,19H2,1-2H3;1H/b12-5+;. The number of oxazole rings is 1. The summed E-state index contributed by atoms with van der Waals surface area (Å²) in [7, 11) is 4.01. The van der Waals surface area contributed by atoms with Gasteiger partial charge in [0.15, 0.2) is 5.58 Å². The van der Waals surface area contributed by atoms with E-state index >= 15 is 0 Å². The second kappa shape index (κ2) is 14.0. The monoisotopic (exact) mass is 562 g/mol. The Morgan fingerprint density at radius 2 is 1.77 bits per heavy atom. The van der Waals surface area contributed by atoms with Crippen molar-refractivity contribution < 1.29 is 27.1 Å². The van der Waals surface area contributed by atoms with Crippen molar-refractivity contribution in [2.75, 3.05) is 45.4 Å². The largest absolute Gasteiger partial charge is 0.491 e. The number of hydrogen-bond acceptors (Lipinski definition) is 7. The highest BCUT2D eigenvalue weighted by Crippen LogP contribution is 2.28. The van der Waals surface area contributed by atoms with Gasteiger partial charge in [0.2, 0.25) is 5.89 Å². The summed E-state index contributed by atoms with van der Waals surface area (Å²) in [6, 6.07) is 16.0. The quantitative estimate of drug-likeness (QED) is 0.210. The van der Waals surface area contributed by atoms with Gasteiger partial charge in [-0.25, -0.2) is 4.98 Å². The van der Waals surface area contributed by atoms with Crippen LogP contribution >= 0.6 is 12.4 Å². The molecule has 7 nitrogen and oxygen atoms in total. The number of nitrogens with zero attached hydrogens (tertiary/aromatic N) is 3. The molecule has 0 radical (unpaired) electrons. The second-order valence-corrected chi connectivity index (χ2v) is 8.67. The fourth-order valence-electron chi connectivity index (χ4n) is 3.51. The summed E-state index contributed by atoms with van der Waals surface area (Å²) in [5.74, 6) is 1.16. The fourth-order valence-corrected chi connectivity index (χ4v) is 3.51. The van der Waals surface area contributed by atoms with Crippen LogP contribution in [0, 0.1) is 0 Å². The maximum absolute atomic E-state index is 12.6. The lowest BCUT2D eigenvalue weighted by molar-refractivity contribution is -0.137. The van der Waals surface area contributed by atoms with E-state index in [1.165, 1.54) is 6.07 Å². The number of pyridine rings is 1. The Labute approximate surface area is 231 Å². The van der Waals surface area contributed by atoms with Crippen molar-refractivity contribution in [1.29, 1.82) is 0 Å². The first-order valence-electron chi connectivity index (χ1n) is 12.1. The highest BCUT2D eigenvalue weighted by molar-refractivity contribution is 5.85. The number of aromatic nitrogens is 2. The van der Waals surface area contributed by atoms with Gasteiger partial charge in [-0.3, -0.25) is 4.98 Å². The van der Waals surface area contributed by atoms with E-state index in [1.54, 1.807) is 6.07 Å². The fraction of sp³-hybridized carbons (Fsp3) is 0.286. The smallest absolute Gasteiger partial charge is 0.417 e. The summed E-state index contributed by atoms with van der Waals surface area (Å²) in [6.07, 6.45) is 0.244. The van der Waals surface area contributed by atoms with Gasteiger partial charge in [0, 0.05) is 51.2 Å². The third kappa shape index (κ3) is 8.98. The molecule has 2 heterocycles. The van der Waals surface area contributed by atoms with E-state index in [-0.39, 0.29) is 12.4 Å². The average Bonchev–Trinajstić information content (AvgIpc) is 3.31. The minimum atomic E-state index is -4.38. The predicted octanol–water partition coefficient (Wildman–Crippen LogP) is 6.09. The van der Waals surface area contributed by atoms with E-state index in [0.717, 1.165) is 29.0 Å². The van der Waals surface area contributed by atoms with Gasteiger partial charge < -0.3 is 24.1 Å². The molecule has 208 valence electrons. The normalized spacial score (nSPS) is 11.6. The lowest BCUT2D eigenvalue weighted by atomic mass is 10.2. The lowest BCUT2D eigenvalue weighted by Gasteiger charge is -2.11. The maximum atomic E-state index is 12.6. The van der Waals surface area contributed by atoms with E-state index in [9.17, 15) is 13.2 Å². The molecule has 0 atom stereocenters. The Morgan fingerprint density at radius 3 is 2.46 bits per heavy atom. The number of alkyl halides is 3. The van der Waals surface area contributed by atoms with E-state index in [4.69, 9.17) is 13.9 Å². The highest BCUT2D eigenvalue weighted by Gasteiger charge is 2.30. The number of nitrogens with one attached hydrogen (secondary N) is 1. The molecule has 4 aromatic rings. The van der Waals surface area contributed by atoms with E-state index in [2.05, 4.69) is 27.4 Å². The Bertz CT molecular complexity index is 1340. The first kappa shape index (κ1) is 29.9. The molecular weight excluding hydrogens is 533 g/mol. The Kier molecular flexibility index (Phi) is 10.7. The van der Waals surface area contributed by atoms with Gasteiger partial charge in [-0.1, -0.05) is 12.1 Å². The molecule has 0 saturated carbocycles. The number of benzene rings is 2. The minimum absolute atomic E-state index is 0. The first-order valence-corrected chi connectivity index (χ1v) is 12.1. The zero-order valence-electron chi connectivity index (χ0n) is 21.6. The summed E-state index contributed by atoms with van der Waals surface area (Å²) >= 11 is 0. The van der Waals surface area contributed by atoms with Crippen LogP contribution in [-0.2, 0) is 17.5 Å². The summed E-state index contributed by atoms with van der Waals surface area (Å²) in [5, 5.41) is 3.08. The molecule has 0 aliphatic heterocycles. The summed E-state index contributed by atoms with van der Waals surface area (Å²) in [6.45, 7) is 2.06. The van der Waals surface area contributed by atoms with Gasteiger partial charge in [-0.15, -0.1) is 12.4 Å². The first-order chi connectivity index (χ1) is 18.3. The van der Waals surface area contributed by atoms with Crippen LogP contribution in [0.3, 0.4) is 0 Å². The van der Waals surface area contributed by atoms with Crippen LogP contribution in [0.1, 0.15) is 22.7 Å². The topological polar surface area (TPSA) is 72.7 Å². The maximum Gasteiger partial charge on any atom is 0.417 e.